The molecule has 52 heavy (non-hydrogen) atoms. The summed E-state index contributed by atoms with van der Waals surface area (Å²) >= 11 is 6.41. The Balaban J connectivity index is 1.25. The minimum atomic E-state index is -3.96. The van der Waals surface area contributed by atoms with Crippen LogP contribution >= 0.6 is 11.6 Å². The standard InChI is InChI=1S/C39H51ClN6O5S/c1-27-7-6-16-39(50-3,26-44-18-19-46-34(25-44)23-41-43-46)35-13-10-32(35)24-45-17-5-4-8-30-21-33(40)12-9-29(30)15-20-51-37-14-11-31(22-36(37)45)38(47)42-52(48,49)28(27)2/h6,9,11-12,14,16,21-23,27-28,32,35H,4-5,7-8,10,13,15,17-20,24-26H2,1-3H3,(H,42,47)/b16-6+/t27-,28+,32-,35+,39+/m0/s1. The number of hydrogen-bond donors (Lipinski definition) is 1. The van der Waals surface area contributed by atoms with Crippen LogP contribution in [0.5, 0.6) is 5.75 Å². The van der Waals surface area contributed by atoms with Crippen molar-refractivity contribution in [3.05, 3.63) is 82.2 Å². The molecular formula is C39H51ClN6O5S. The molecule has 1 amide bonds. The SMILES string of the molecule is CO[C@@]1(CN2CCn3nncc3C2)/C=C/C[C@H](C)[C@@H](C)S(=O)(=O)NC(=O)c2ccc3c(c2)N(CCCCc2cc(Cl)ccc2CCO3)C[C@@H]2CC[C@H]21. The Labute approximate surface area is 312 Å². The summed E-state index contributed by atoms with van der Waals surface area (Å²) in [6, 6.07) is 11.4. The van der Waals surface area contributed by atoms with Crippen molar-refractivity contribution in [3.8, 4) is 5.75 Å². The van der Waals surface area contributed by atoms with E-state index in [1.165, 1.54) is 11.1 Å². The van der Waals surface area contributed by atoms with Crippen LogP contribution in [-0.4, -0.2) is 85.0 Å². The van der Waals surface area contributed by atoms with Gasteiger partial charge in [-0.05, 0) is 105 Å². The number of ether oxygens (including phenoxy) is 2. The fourth-order valence-electron chi connectivity index (χ4n) is 8.47. The molecule has 0 saturated heterocycles. The van der Waals surface area contributed by atoms with E-state index < -0.39 is 26.8 Å². The highest BCUT2D eigenvalue weighted by Crippen LogP contribution is 2.47. The van der Waals surface area contributed by atoms with Gasteiger partial charge in [0.2, 0.25) is 10.0 Å². The maximum atomic E-state index is 13.6. The maximum absolute atomic E-state index is 13.6. The van der Waals surface area contributed by atoms with Crippen molar-refractivity contribution in [2.75, 3.05) is 44.8 Å². The first-order valence-electron chi connectivity index (χ1n) is 18.7. The van der Waals surface area contributed by atoms with E-state index in [1.54, 1.807) is 13.0 Å². The number of benzene rings is 2. The molecule has 1 saturated carbocycles. The molecule has 2 aromatic carbocycles. The highest BCUT2D eigenvalue weighted by atomic mass is 35.5. The van der Waals surface area contributed by atoms with E-state index in [0.717, 1.165) is 87.7 Å². The van der Waals surface area contributed by atoms with Gasteiger partial charge in [-0.3, -0.25) is 9.69 Å². The number of amides is 1. The van der Waals surface area contributed by atoms with Crippen LogP contribution in [0, 0.1) is 17.8 Å². The van der Waals surface area contributed by atoms with E-state index in [1.807, 2.05) is 43.1 Å². The van der Waals surface area contributed by atoms with Gasteiger partial charge in [0.25, 0.3) is 5.91 Å². The first-order chi connectivity index (χ1) is 25.0. The van der Waals surface area contributed by atoms with Gasteiger partial charge in [0.05, 0.1) is 36.0 Å². The first kappa shape index (κ1) is 36.9. The summed E-state index contributed by atoms with van der Waals surface area (Å²) in [5.41, 5.74) is 4.11. The van der Waals surface area contributed by atoms with Gasteiger partial charge in [-0.25, -0.2) is 17.8 Å². The number of carbonyl (C=O) groups is 1. The predicted molar refractivity (Wildman–Crippen MR) is 202 cm³/mol. The molecule has 4 aliphatic rings. The number of carbonyl (C=O) groups excluding carboxylic acids is 1. The van der Waals surface area contributed by atoms with Crippen molar-refractivity contribution in [3.63, 3.8) is 0 Å². The number of aromatic nitrogens is 3. The largest absolute Gasteiger partial charge is 0.491 e. The summed E-state index contributed by atoms with van der Waals surface area (Å²) in [4.78, 5) is 18.4. The number of nitrogens with zero attached hydrogens (tertiary/aromatic N) is 5. The Morgan fingerprint density at radius 1 is 1.06 bits per heavy atom. The van der Waals surface area contributed by atoms with Gasteiger partial charge in [0.15, 0.2) is 0 Å². The van der Waals surface area contributed by atoms with Crippen LogP contribution in [0.3, 0.4) is 0 Å². The first-order valence-corrected chi connectivity index (χ1v) is 20.7. The highest BCUT2D eigenvalue weighted by Gasteiger charge is 2.48. The molecule has 3 aliphatic heterocycles. The summed E-state index contributed by atoms with van der Waals surface area (Å²) in [6.45, 7) is 8.62. The Kier molecular flexibility index (Phi) is 11.0. The molecule has 11 nitrogen and oxygen atoms in total. The van der Waals surface area contributed by atoms with Crippen molar-refractivity contribution in [1.82, 2.24) is 24.6 Å². The van der Waals surface area contributed by atoms with Crippen molar-refractivity contribution < 1.29 is 22.7 Å². The summed E-state index contributed by atoms with van der Waals surface area (Å²) < 4.78 is 44.6. The number of anilines is 1. The number of halogens is 1. The van der Waals surface area contributed by atoms with E-state index >= 15 is 0 Å². The molecule has 1 N–H and O–H groups in total. The van der Waals surface area contributed by atoms with E-state index in [-0.39, 0.29) is 11.8 Å². The Morgan fingerprint density at radius 2 is 1.92 bits per heavy atom. The quantitative estimate of drug-likeness (QED) is 0.338. The molecule has 280 valence electrons. The smallest absolute Gasteiger partial charge is 0.264 e. The number of sulfonamides is 1. The lowest BCUT2D eigenvalue weighted by molar-refractivity contribution is -0.0944. The monoisotopic (exact) mass is 750 g/mol. The van der Waals surface area contributed by atoms with Crippen molar-refractivity contribution >= 4 is 33.2 Å². The van der Waals surface area contributed by atoms with E-state index in [9.17, 15) is 13.2 Å². The van der Waals surface area contributed by atoms with E-state index in [4.69, 9.17) is 21.1 Å². The topological polar surface area (TPSA) is 119 Å². The number of aryl methyl sites for hydroxylation is 1. The second kappa shape index (κ2) is 15.5. The van der Waals surface area contributed by atoms with Gasteiger partial charge in [0, 0.05) is 56.8 Å². The lowest BCUT2D eigenvalue weighted by Crippen LogP contribution is -2.57. The molecule has 1 aliphatic carbocycles. The van der Waals surface area contributed by atoms with Crippen LogP contribution in [0.15, 0.2) is 54.7 Å². The number of methoxy groups -OCH3 is 1. The van der Waals surface area contributed by atoms with Gasteiger partial charge >= 0.3 is 0 Å². The number of hydrogen-bond acceptors (Lipinski definition) is 9. The second-order valence-electron chi connectivity index (χ2n) is 15.2. The summed E-state index contributed by atoms with van der Waals surface area (Å²) in [6.07, 6.45) is 12.3. The molecule has 5 atom stereocenters. The molecule has 7 rings (SSSR count). The van der Waals surface area contributed by atoms with Crippen molar-refractivity contribution in [2.24, 2.45) is 17.8 Å². The third-order valence-corrected chi connectivity index (χ3v) is 14.1. The highest BCUT2D eigenvalue weighted by molar-refractivity contribution is 7.90. The van der Waals surface area contributed by atoms with Gasteiger partial charge in [0.1, 0.15) is 11.4 Å². The lowest BCUT2D eigenvalue weighted by Gasteiger charge is -2.51. The molecule has 1 fully saturated rings. The van der Waals surface area contributed by atoms with Gasteiger partial charge in [-0.2, -0.15) is 0 Å². The van der Waals surface area contributed by atoms with Crippen molar-refractivity contribution in [2.45, 2.75) is 82.7 Å². The molecule has 0 unspecified atom stereocenters. The van der Waals surface area contributed by atoms with Gasteiger partial charge < -0.3 is 14.4 Å². The Hall–Kier alpha value is -3.45. The molecule has 2 bridgehead atoms. The van der Waals surface area contributed by atoms with Gasteiger partial charge in [-0.1, -0.05) is 42.0 Å². The molecular weight excluding hydrogens is 700 g/mol. The zero-order valence-electron chi connectivity index (χ0n) is 30.5. The van der Waals surface area contributed by atoms with Crippen LogP contribution in [-0.2, 0) is 40.7 Å². The normalized spacial score (nSPS) is 29.1. The van der Waals surface area contributed by atoms with Crippen molar-refractivity contribution in [1.29, 1.82) is 0 Å². The maximum Gasteiger partial charge on any atom is 0.264 e. The summed E-state index contributed by atoms with van der Waals surface area (Å²) in [7, 11) is -2.15. The van der Waals surface area contributed by atoms with Gasteiger partial charge in [-0.15, -0.1) is 5.10 Å². The molecule has 4 heterocycles. The van der Waals surface area contributed by atoms with E-state index in [2.05, 4.69) is 49.1 Å². The van der Waals surface area contributed by atoms with Crippen LogP contribution in [0.4, 0.5) is 5.69 Å². The minimum absolute atomic E-state index is 0.231. The minimum Gasteiger partial charge on any atom is -0.491 e. The van der Waals surface area contributed by atoms with E-state index in [0.29, 0.717) is 36.8 Å². The molecule has 0 radical (unpaired) electrons. The zero-order valence-corrected chi connectivity index (χ0v) is 32.0. The zero-order chi connectivity index (χ0) is 36.5. The fourth-order valence-corrected chi connectivity index (χ4v) is 9.95. The second-order valence-corrected chi connectivity index (χ2v) is 17.6. The number of rotatable bonds is 3. The third-order valence-electron chi connectivity index (χ3n) is 12.0. The van der Waals surface area contributed by atoms with Crippen LogP contribution in [0.2, 0.25) is 5.02 Å². The fraction of sp³-hybridized carbons (Fsp3) is 0.564. The molecule has 1 aromatic heterocycles. The number of nitrogens with one attached hydrogen (secondary N) is 1. The average Bonchev–Trinajstić information content (AvgIpc) is 3.58. The molecule has 3 aromatic rings. The third kappa shape index (κ3) is 7.76. The number of fused-ring (bicyclic) bond motifs is 4. The van der Waals surface area contributed by atoms with Crippen LogP contribution in [0.25, 0.3) is 0 Å². The van der Waals surface area contributed by atoms with Crippen LogP contribution in [0.1, 0.15) is 73.1 Å². The lowest BCUT2D eigenvalue weighted by atomic mass is 9.63. The molecule has 0 spiro atoms. The average molecular weight is 751 g/mol. The summed E-state index contributed by atoms with van der Waals surface area (Å²) in [5, 5.41) is 8.32. The Morgan fingerprint density at radius 3 is 2.73 bits per heavy atom. The number of allylic oxidation sites excluding steroid dienone is 1. The predicted octanol–water partition coefficient (Wildman–Crippen LogP) is 5.67. The summed E-state index contributed by atoms with van der Waals surface area (Å²) in [5.74, 6) is 0.377. The Bertz CT molecular complexity index is 1900. The molecule has 13 heteroatoms. The van der Waals surface area contributed by atoms with Crippen LogP contribution < -0.4 is 14.4 Å².